The second-order valence-corrected chi connectivity index (χ2v) is 4.67. The Balaban J connectivity index is 0.000000545. The Morgan fingerprint density at radius 2 is 1.14 bits per heavy atom. The summed E-state index contributed by atoms with van der Waals surface area (Å²) in [6.45, 7) is 0.639. The van der Waals surface area contributed by atoms with Crippen LogP contribution in [-0.4, -0.2) is 20.1 Å². The third-order valence-electron chi connectivity index (χ3n) is 3.32. The second-order valence-electron chi connectivity index (χ2n) is 4.67. The van der Waals surface area contributed by atoms with E-state index in [1.807, 2.05) is 24.3 Å². The minimum absolute atomic E-state index is 0.195. The van der Waals surface area contributed by atoms with Gasteiger partial charge in [0.25, 0.3) is 0 Å². The number of benzene rings is 2. The molecule has 0 amide bonds. The van der Waals surface area contributed by atoms with E-state index in [1.165, 1.54) is 22.3 Å². The highest BCUT2D eigenvalue weighted by atomic mass is 16.5. The lowest BCUT2D eigenvalue weighted by atomic mass is 10.1. The van der Waals surface area contributed by atoms with Gasteiger partial charge in [0.2, 0.25) is 0 Å². The zero-order valence-corrected chi connectivity index (χ0v) is 12.4. The Morgan fingerprint density at radius 3 is 1.50 bits per heavy atom. The maximum absolute atomic E-state index is 5.39. The molecule has 0 fully saturated rings. The van der Waals surface area contributed by atoms with Gasteiger partial charge in [0.1, 0.15) is 25.0 Å². The van der Waals surface area contributed by atoms with E-state index >= 15 is 0 Å². The minimum atomic E-state index is 0.195. The second kappa shape index (κ2) is 7.77. The SMILES string of the molecule is NCN.NCOc1ccc2c(c1)Cc1cc(OCN)ccc1-2. The first-order valence-electron chi connectivity index (χ1n) is 7.05. The molecule has 2 aromatic rings. The van der Waals surface area contributed by atoms with E-state index < -0.39 is 0 Å². The number of hydrogen-bond acceptors (Lipinski definition) is 6. The van der Waals surface area contributed by atoms with Crippen LogP contribution in [0.15, 0.2) is 36.4 Å². The van der Waals surface area contributed by atoms with E-state index in [9.17, 15) is 0 Å². The normalized spacial score (nSPS) is 11.1. The zero-order valence-electron chi connectivity index (χ0n) is 12.4. The molecule has 0 unspecified atom stereocenters. The first kappa shape index (κ1) is 16.3. The van der Waals surface area contributed by atoms with Crippen LogP contribution in [0.5, 0.6) is 11.5 Å². The van der Waals surface area contributed by atoms with E-state index in [0.717, 1.165) is 17.9 Å². The highest BCUT2D eigenvalue weighted by molar-refractivity contribution is 5.78. The molecular weight excluding hydrogens is 280 g/mol. The Kier molecular flexibility index (Phi) is 5.74. The number of fused-ring (bicyclic) bond motifs is 3. The van der Waals surface area contributed by atoms with Crippen molar-refractivity contribution in [2.45, 2.75) is 6.42 Å². The molecule has 0 saturated carbocycles. The van der Waals surface area contributed by atoms with Crippen molar-refractivity contribution in [1.82, 2.24) is 0 Å². The van der Waals surface area contributed by atoms with Crippen molar-refractivity contribution in [3.05, 3.63) is 47.5 Å². The minimum Gasteiger partial charge on any atom is -0.479 e. The Labute approximate surface area is 130 Å². The molecule has 118 valence electrons. The Bertz CT molecular complexity index is 578. The molecule has 2 aromatic carbocycles. The molecule has 22 heavy (non-hydrogen) atoms. The summed E-state index contributed by atoms with van der Waals surface area (Å²) in [4.78, 5) is 0. The van der Waals surface area contributed by atoms with Crippen LogP contribution in [-0.2, 0) is 6.42 Å². The summed E-state index contributed by atoms with van der Waals surface area (Å²) < 4.78 is 10.7. The summed E-state index contributed by atoms with van der Waals surface area (Å²) in [7, 11) is 0. The van der Waals surface area contributed by atoms with E-state index in [0.29, 0.717) is 0 Å². The molecule has 0 saturated heterocycles. The van der Waals surface area contributed by atoms with Gasteiger partial charge in [-0.1, -0.05) is 12.1 Å². The summed E-state index contributed by atoms with van der Waals surface area (Å²) >= 11 is 0. The summed E-state index contributed by atoms with van der Waals surface area (Å²) in [5.41, 5.74) is 25.0. The van der Waals surface area contributed by atoms with Crippen LogP contribution >= 0.6 is 0 Å². The van der Waals surface area contributed by atoms with Crippen molar-refractivity contribution in [2.24, 2.45) is 22.9 Å². The fourth-order valence-corrected chi connectivity index (χ4v) is 2.54. The number of ether oxygens (including phenoxy) is 2. The summed E-state index contributed by atoms with van der Waals surface area (Å²) in [5.74, 6) is 1.62. The quantitative estimate of drug-likeness (QED) is 0.526. The van der Waals surface area contributed by atoms with Crippen molar-refractivity contribution in [2.75, 3.05) is 20.1 Å². The van der Waals surface area contributed by atoms with Crippen molar-refractivity contribution in [3.8, 4) is 22.6 Å². The monoisotopic (exact) mass is 302 g/mol. The molecule has 0 aliphatic heterocycles. The topological polar surface area (TPSA) is 123 Å². The van der Waals surface area contributed by atoms with E-state index in [4.69, 9.17) is 20.9 Å². The van der Waals surface area contributed by atoms with Gasteiger partial charge in [-0.3, -0.25) is 11.5 Å². The predicted octanol–water partition coefficient (Wildman–Crippen LogP) is 0.709. The fourth-order valence-electron chi connectivity index (χ4n) is 2.54. The molecule has 6 heteroatoms. The van der Waals surface area contributed by atoms with Gasteiger partial charge in [0, 0.05) is 6.67 Å². The molecule has 0 radical (unpaired) electrons. The van der Waals surface area contributed by atoms with Crippen molar-refractivity contribution in [3.63, 3.8) is 0 Å². The highest BCUT2D eigenvalue weighted by Gasteiger charge is 2.19. The van der Waals surface area contributed by atoms with Crippen LogP contribution in [0.2, 0.25) is 0 Å². The van der Waals surface area contributed by atoms with Crippen LogP contribution in [0.3, 0.4) is 0 Å². The lowest BCUT2D eigenvalue weighted by molar-refractivity contribution is 0.329. The van der Waals surface area contributed by atoms with Crippen LogP contribution in [0.4, 0.5) is 0 Å². The van der Waals surface area contributed by atoms with E-state index in [-0.39, 0.29) is 20.1 Å². The molecule has 6 nitrogen and oxygen atoms in total. The largest absolute Gasteiger partial charge is 0.479 e. The summed E-state index contributed by atoms with van der Waals surface area (Å²) in [6.07, 6.45) is 0.883. The molecule has 1 aliphatic carbocycles. The molecule has 8 N–H and O–H groups in total. The van der Waals surface area contributed by atoms with Gasteiger partial charge >= 0.3 is 0 Å². The average Bonchev–Trinajstić information content (AvgIpc) is 2.85. The summed E-state index contributed by atoms with van der Waals surface area (Å²) in [6, 6.07) is 12.2. The van der Waals surface area contributed by atoms with E-state index in [1.54, 1.807) is 0 Å². The molecule has 0 heterocycles. The standard InChI is InChI=1S/C15H16N2O2.CH6N2/c16-8-18-12-1-3-14-10(6-12)5-11-7-13(19-9-17)2-4-15(11)14;2-1-3/h1-4,6-7H,5,8-9,16-17H2;1-3H2. The number of nitrogens with two attached hydrogens (primary N) is 4. The summed E-state index contributed by atoms with van der Waals surface area (Å²) in [5, 5.41) is 0. The number of rotatable bonds is 4. The van der Waals surface area contributed by atoms with Gasteiger partial charge < -0.3 is 20.9 Å². The van der Waals surface area contributed by atoms with Crippen LogP contribution in [0, 0.1) is 0 Å². The molecule has 0 atom stereocenters. The fraction of sp³-hybridized carbons (Fsp3) is 0.250. The Hall–Kier alpha value is -2.12. The first-order chi connectivity index (χ1) is 10.7. The van der Waals surface area contributed by atoms with Crippen LogP contribution in [0.1, 0.15) is 11.1 Å². The van der Waals surface area contributed by atoms with Crippen LogP contribution < -0.4 is 32.4 Å². The van der Waals surface area contributed by atoms with Crippen molar-refractivity contribution >= 4 is 0 Å². The predicted molar refractivity (Wildman–Crippen MR) is 87.3 cm³/mol. The lowest BCUT2D eigenvalue weighted by Gasteiger charge is -2.06. The highest BCUT2D eigenvalue weighted by Crippen LogP contribution is 2.39. The lowest BCUT2D eigenvalue weighted by Crippen LogP contribution is -2.08. The van der Waals surface area contributed by atoms with Gasteiger partial charge in [-0.15, -0.1) is 0 Å². The average molecular weight is 302 g/mol. The Morgan fingerprint density at radius 1 is 0.727 bits per heavy atom. The maximum Gasteiger partial charge on any atom is 0.137 e. The first-order valence-corrected chi connectivity index (χ1v) is 7.05. The zero-order chi connectivity index (χ0) is 15.9. The maximum atomic E-state index is 5.39. The van der Waals surface area contributed by atoms with Crippen molar-refractivity contribution < 1.29 is 9.47 Å². The molecule has 0 spiro atoms. The smallest absolute Gasteiger partial charge is 0.137 e. The molecule has 0 aromatic heterocycles. The van der Waals surface area contributed by atoms with Crippen LogP contribution in [0.25, 0.3) is 11.1 Å². The molecular formula is C16H22N4O2. The number of hydrogen-bond donors (Lipinski definition) is 4. The van der Waals surface area contributed by atoms with Gasteiger partial charge in [-0.05, 0) is 52.9 Å². The molecule has 3 rings (SSSR count). The third kappa shape index (κ3) is 3.55. The van der Waals surface area contributed by atoms with Gasteiger partial charge in [-0.2, -0.15) is 0 Å². The van der Waals surface area contributed by atoms with Gasteiger partial charge in [0.15, 0.2) is 0 Å². The molecule has 0 bridgehead atoms. The van der Waals surface area contributed by atoms with E-state index in [2.05, 4.69) is 23.6 Å². The van der Waals surface area contributed by atoms with Crippen molar-refractivity contribution in [1.29, 1.82) is 0 Å². The van der Waals surface area contributed by atoms with Gasteiger partial charge in [-0.25, -0.2) is 0 Å². The van der Waals surface area contributed by atoms with Gasteiger partial charge in [0.05, 0.1) is 0 Å². The third-order valence-corrected chi connectivity index (χ3v) is 3.32. The molecule has 1 aliphatic rings.